The third-order valence-electron chi connectivity index (χ3n) is 2.39. The van der Waals surface area contributed by atoms with Crippen LogP contribution >= 0.6 is 0 Å². The summed E-state index contributed by atoms with van der Waals surface area (Å²) in [6.45, 7) is 4.38. The number of unbranched alkanes of at least 4 members (excludes halogenated alkanes) is 2. The molecule has 0 radical (unpaired) electrons. The van der Waals surface area contributed by atoms with Gasteiger partial charge in [-0.25, -0.2) is 0 Å². The maximum atomic E-state index is 5.45. The lowest BCUT2D eigenvalue weighted by molar-refractivity contribution is 0.315. The van der Waals surface area contributed by atoms with Gasteiger partial charge < -0.3 is 15.5 Å². The normalized spacial score (nSPS) is 11.6. The van der Waals surface area contributed by atoms with Gasteiger partial charge >= 0.3 is 0 Å². The largest absolute Gasteiger partial charge is 0.330 e. The van der Waals surface area contributed by atoms with Crippen LogP contribution in [-0.2, 0) is 0 Å². The maximum Gasteiger partial charge on any atom is -0.000977 e. The first kappa shape index (κ1) is 13.9. The molecule has 0 atom stereocenters. The van der Waals surface area contributed by atoms with Gasteiger partial charge in [0.15, 0.2) is 0 Å². The Balaban J connectivity index is 3.10. The van der Waals surface area contributed by atoms with Crippen molar-refractivity contribution >= 4 is 0 Å². The molecule has 0 aliphatic heterocycles. The van der Waals surface area contributed by atoms with Crippen LogP contribution in [0.3, 0.4) is 0 Å². The van der Waals surface area contributed by atoms with Crippen molar-refractivity contribution in [1.29, 1.82) is 0 Å². The van der Waals surface area contributed by atoms with E-state index in [4.69, 9.17) is 5.73 Å². The fourth-order valence-electron chi connectivity index (χ4n) is 1.46. The molecule has 0 aromatic rings. The van der Waals surface area contributed by atoms with Crippen LogP contribution in [0.2, 0.25) is 0 Å². The number of rotatable bonds is 9. The van der Waals surface area contributed by atoms with Crippen LogP contribution in [0.25, 0.3) is 0 Å². The minimum absolute atomic E-state index is 0.810. The summed E-state index contributed by atoms with van der Waals surface area (Å²) in [7, 11) is 6.45. The van der Waals surface area contributed by atoms with E-state index < -0.39 is 0 Å². The number of nitrogens with zero attached hydrogens (tertiary/aromatic N) is 2. The zero-order chi connectivity index (χ0) is 10.8. The molecule has 0 amide bonds. The molecule has 2 N–H and O–H groups in total. The molecule has 0 saturated carbocycles. The van der Waals surface area contributed by atoms with Crippen molar-refractivity contribution in [2.75, 3.05) is 47.3 Å². The summed E-state index contributed by atoms with van der Waals surface area (Å²) in [4.78, 5) is 4.63. The Morgan fingerprint density at radius 1 is 0.786 bits per heavy atom. The molecule has 0 heterocycles. The minimum atomic E-state index is 0.810. The molecule has 0 fully saturated rings. The van der Waals surface area contributed by atoms with Crippen molar-refractivity contribution in [1.82, 2.24) is 9.80 Å². The lowest BCUT2D eigenvalue weighted by atomic mass is 10.2. The summed E-state index contributed by atoms with van der Waals surface area (Å²) in [6, 6.07) is 0. The Morgan fingerprint density at radius 2 is 1.36 bits per heavy atom. The van der Waals surface area contributed by atoms with Crippen LogP contribution in [0.15, 0.2) is 0 Å². The SMILES string of the molecule is CN(C)CCCCCN(C)CCCN. The summed E-state index contributed by atoms with van der Waals surface area (Å²) in [6.07, 6.45) is 5.09. The van der Waals surface area contributed by atoms with Crippen LogP contribution in [0.4, 0.5) is 0 Å². The summed E-state index contributed by atoms with van der Waals surface area (Å²) >= 11 is 0. The molecule has 14 heavy (non-hydrogen) atoms. The van der Waals surface area contributed by atoms with Gasteiger partial charge in [-0.3, -0.25) is 0 Å². The third-order valence-corrected chi connectivity index (χ3v) is 2.39. The fraction of sp³-hybridized carbons (Fsp3) is 1.00. The van der Waals surface area contributed by atoms with Crippen molar-refractivity contribution in [3.05, 3.63) is 0 Å². The average molecular weight is 201 g/mol. The average Bonchev–Trinajstić information content (AvgIpc) is 2.13. The summed E-state index contributed by atoms with van der Waals surface area (Å²) < 4.78 is 0. The second kappa shape index (κ2) is 9.44. The second-order valence-corrected chi connectivity index (χ2v) is 4.31. The molecule has 0 aromatic heterocycles. The van der Waals surface area contributed by atoms with Crippen molar-refractivity contribution in [3.63, 3.8) is 0 Å². The zero-order valence-electron chi connectivity index (χ0n) is 10.1. The molecule has 86 valence electrons. The molecule has 0 aliphatic rings. The van der Waals surface area contributed by atoms with Crippen LogP contribution in [0, 0.1) is 0 Å². The Hall–Kier alpha value is -0.120. The number of hydrogen-bond acceptors (Lipinski definition) is 3. The van der Waals surface area contributed by atoms with Crippen LogP contribution < -0.4 is 5.73 Å². The Kier molecular flexibility index (Phi) is 9.35. The smallest absolute Gasteiger partial charge is 0.000977 e. The second-order valence-electron chi connectivity index (χ2n) is 4.31. The highest BCUT2D eigenvalue weighted by molar-refractivity contribution is 4.53. The molecular formula is C11H27N3. The predicted molar refractivity (Wildman–Crippen MR) is 63.6 cm³/mol. The fourth-order valence-corrected chi connectivity index (χ4v) is 1.46. The topological polar surface area (TPSA) is 32.5 Å². The summed E-state index contributed by atoms with van der Waals surface area (Å²) in [5.41, 5.74) is 5.45. The monoisotopic (exact) mass is 201 g/mol. The molecule has 0 bridgehead atoms. The first-order chi connectivity index (χ1) is 6.66. The molecule has 0 saturated heterocycles. The highest BCUT2D eigenvalue weighted by Crippen LogP contribution is 1.98. The standard InChI is InChI=1S/C11H27N3/c1-13(2)9-5-4-6-10-14(3)11-7-8-12/h4-12H2,1-3H3. The lowest BCUT2D eigenvalue weighted by Crippen LogP contribution is -2.23. The van der Waals surface area contributed by atoms with E-state index in [9.17, 15) is 0 Å². The molecule has 0 spiro atoms. The highest BCUT2D eigenvalue weighted by atomic mass is 15.1. The lowest BCUT2D eigenvalue weighted by Gasteiger charge is -2.16. The van der Waals surface area contributed by atoms with E-state index in [1.54, 1.807) is 0 Å². The van der Waals surface area contributed by atoms with Crippen LogP contribution in [0.1, 0.15) is 25.7 Å². The van der Waals surface area contributed by atoms with Gasteiger partial charge in [0, 0.05) is 0 Å². The third kappa shape index (κ3) is 9.96. The van der Waals surface area contributed by atoms with Crippen LogP contribution in [-0.4, -0.2) is 57.1 Å². The first-order valence-corrected chi connectivity index (χ1v) is 5.70. The van der Waals surface area contributed by atoms with E-state index in [1.165, 1.54) is 32.4 Å². The quantitative estimate of drug-likeness (QED) is 0.565. The van der Waals surface area contributed by atoms with Gasteiger partial charge in [0.2, 0.25) is 0 Å². The maximum absolute atomic E-state index is 5.45. The number of hydrogen-bond donors (Lipinski definition) is 1. The number of nitrogens with two attached hydrogens (primary N) is 1. The van der Waals surface area contributed by atoms with Crippen molar-refractivity contribution in [2.24, 2.45) is 5.73 Å². The van der Waals surface area contributed by atoms with E-state index in [1.807, 2.05) is 0 Å². The van der Waals surface area contributed by atoms with E-state index in [0.717, 1.165) is 19.5 Å². The Bertz CT molecular complexity index is 115. The van der Waals surface area contributed by atoms with Crippen molar-refractivity contribution < 1.29 is 0 Å². The van der Waals surface area contributed by atoms with Crippen molar-refractivity contribution in [3.8, 4) is 0 Å². The minimum Gasteiger partial charge on any atom is -0.330 e. The van der Waals surface area contributed by atoms with Gasteiger partial charge in [-0.15, -0.1) is 0 Å². The molecule has 0 rings (SSSR count). The summed E-state index contributed by atoms with van der Waals surface area (Å²) in [5.74, 6) is 0. The molecule has 3 heteroatoms. The molecule has 0 unspecified atom stereocenters. The molecular weight excluding hydrogens is 174 g/mol. The van der Waals surface area contributed by atoms with E-state index in [-0.39, 0.29) is 0 Å². The van der Waals surface area contributed by atoms with Gasteiger partial charge in [0.25, 0.3) is 0 Å². The Labute approximate surface area is 89.2 Å². The molecule has 0 aliphatic carbocycles. The van der Waals surface area contributed by atoms with E-state index >= 15 is 0 Å². The van der Waals surface area contributed by atoms with E-state index in [2.05, 4.69) is 30.9 Å². The first-order valence-electron chi connectivity index (χ1n) is 5.70. The van der Waals surface area contributed by atoms with Crippen LogP contribution in [0.5, 0.6) is 0 Å². The molecule has 0 aromatic carbocycles. The van der Waals surface area contributed by atoms with Gasteiger partial charge in [-0.05, 0) is 66.6 Å². The van der Waals surface area contributed by atoms with Gasteiger partial charge in [-0.1, -0.05) is 6.42 Å². The Morgan fingerprint density at radius 3 is 1.93 bits per heavy atom. The van der Waals surface area contributed by atoms with Gasteiger partial charge in [-0.2, -0.15) is 0 Å². The van der Waals surface area contributed by atoms with E-state index in [0.29, 0.717) is 0 Å². The predicted octanol–water partition coefficient (Wildman–Crippen LogP) is 0.999. The van der Waals surface area contributed by atoms with Crippen molar-refractivity contribution in [2.45, 2.75) is 25.7 Å². The van der Waals surface area contributed by atoms with Gasteiger partial charge in [0.1, 0.15) is 0 Å². The summed E-state index contributed by atoms with van der Waals surface area (Å²) in [5, 5.41) is 0. The van der Waals surface area contributed by atoms with Gasteiger partial charge in [0.05, 0.1) is 0 Å². The highest BCUT2D eigenvalue weighted by Gasteiger charge is 1.97. The molecule has 3 nitrogen and oxygen atoms in total. The zero-order valence-corrected chi connectivity index (χ0v) is 10.1.